The number of hydrogen-bond donors (Lipinski definition) is 1. The number of nitrogens with zero attached hydrogens (tertiary/aromatic N) is 1. The van der Waals surface area contributed by atoms with Crippen LogP contribution in [-0.4, -0.2) is 26.1 Å². The number of amides is 1. The number of hydrogen-bond acceptors (Lipinski definition) is 3. The molecule has 1 fully saturated rings. The maximum absolute atomic E-state index is 11.8. The summed E-state index contributed by atoms with van der Waals surface area (Å²) in [4.78, 5) is 13.2. The number of carbonyl (C=O) groups excluding carboxylic acids is 1. The van der Waals surface area contributed by atoms with Crippen molar-refractivity contribution in [2.24, 2.45) is 5.14 Å². The third kappa shape index (κ3) is 2.54. The van der Waals surface area contributed by atoms with Crippen LogP contribution < -0.4 is 10.0 Å². The third-order valence-corrected chi connectivity index (χ3v) is 5.40. The van der Waals surface area contributed by atoms with Crippen molar-refractivity contribution in [1.82, 2.24) is 0 Å². The maximum Gasteiger partial charge on any atom is 0.228 e. The average Bonchev–Trinajstić information content (AvgIpc) is 2.64. The molecule has 0 aliphatic carbocycles. The Kier molecular flexibility index (Phi) is 3.68. The number of primary sulfonamides is 1. The van der Waals surface area contributed by atoms with E-state index in [1.54, 1.807) is 18.2 Å². The molecule has 8 heteroatoms. The summed E-state index contributed by atoms with van der Waals surface area (Å²) >= 11 is 9.22. The molecule has 98 valence electrons. The van der Waals surface area contributed by atoms with Crippen molar-refractivity contribution in [3.05, 3.63) is 27.7 Å². The number of carbonyl (C=O) groups is 1. The minimum absolute atomic E-state index is 0.0522. The van der Waals surface area contributed by atoms with Crippen molar-refractivity contribution >= 4 is 49.1 Å². The second-order valence-electron chi connectivity index (χ2n) is 3.99. The summed E-state index contributed by atoms with van der Waals surface area (Å²) in [5.74, 6) is -0.281. The minimum Gasteiger partial charge on any atom is -0.310 e. The van der Waals surface area contributed by atoms with Crippen LogP contribution in [0.3, 0.4) is 0 Å². The van der Waals surface area contributed by atoms with Gasteiger partial charge in [-0.05, 0) is 28.1 Å². The van der Waals surface area contributed by atoms with Gasteiger partial charge in [0.25, 0.3) is 0 Å². The number of halogens is 2. The van der Waals surface area contributed by atoms with Crippen molar-refractivity contribution in [2.75, 3.05) is 11.4 Å². The smallest absolute Gasteiger partial charge is 0.228 e. The number of nitrogens with two attached hydrogens (primary N) is 1. The highest BCUT2D eigenvalue weighted by molar-refractivity contribution is 9.10. The fraction of sp³-hybridized carbons (Fsp3) is 0.300. The first-order valence-corrected chi connectivity index (χ1v) is 7.84. The van der Waals surface area contributed by atoms with E-state index in [1.165, 1.54) is 4.90 Å². The molecule has 5 nitrogen and oxygen atoms in total. The molecule has 1 aliphatic rings. The highest BCUT2D eigenvalue weighted by atomic mass is 79.9. The molecule has 0 aromatic heterocycles. The van der Waals surface area contributed by atoms with Crippen LogP contribution in [-0.2, 0) is 14.8 Å². The van der Waals surface area contributed by atoms with E-state index < -0.39 is 15.3 Å². The van der Waals surface area contributed by atoms with Gasteiger partial charge in [-0.1, -0.05) is 17.7 Å². The lowest BCUT2D eigenvalue weighted by Crippen LogP contribution is -2.32. The van der Waals surface area contributed by atoms with Crippen LogP contribution in [0.5, 0.6) is 0 Å². The zero-order valence-electron chi connectivity index (χ0n) is 9.14. The van der Waals surface area contributed by atoms with Crippen molar-refractivity contribution < 1.29 is 13.2 Å². The predicted octanol–water partition coefficient (Wildman–Crippen LogP) is 1.50. The molecule has 1 saturated heterocycles. The molecule has 1 aliphatic heterocycles. The zero-order chi connectivity index (χ0) is 13.5. The van der Waals surface area contributed by atoms with E-state index >= 15 is 0 Å². The Labute approximate surface area is 118 Å². The van der Waals surface area contributed by atoms with Crippen molar-refractivity contribution in [2.45, 2.75) is 11.7 Å². The van der Waals surface area contributed by atoms with Gasteiger partial charge in [0.15, 0.2) is 0 Å². The molecule has 2 N–H and O–H groups in total. The molecule has 0 spiro atoms. The van der Waals surface area contributed by atoms with Gasteiger partial charge in [-0.25, -0.2) is 13.6 Å². The molecule has 0 radical (unpaired) electrons. The van der Waals surface area contributed by atoms with Crippen molar-refractivity contribution in [3.8, 4) is 0 Å². The molecule has 1 aromatic rings. The van der Waals surface area contributed by atoms with E-state index in [0.29, 0.717) is 15.2 Å². The Morgan fingerprint density at radius 3 is 2.67 bits per heavy atom. The molecule has 18 heavy (non-hydrogen) atoms. The van der Waals surface area contributed by atoms with E-state index in [1.807, 2.05) is 0 Å². The van der Waals surface area contributed by atoms with Gasteiger partial charge in [-0.15, -0.1) is 0 Å². The summed E-state index contributed by atoms with van der Waals surface area (Å²) in [5, 5.41) is 4.66. The molecule has 0 bridgehead atoms. The van der Waals surface area contributed by atoms with Gasteiger partial charge >= 0.3 is 0 Å². The number of anilines is 1. The van der Waals surface area contributed by atoms with E-state index in [-0.39, 0.29) is 18.9 Å². The maximum atomic E-state index is 11.8. The monoisotopic (exact) mass is 352 g/mol. The summed E-state index contributed by atoms with van der Waals surface area (Å²) in [5.41, 5.74) is 0.554. The number of benzene rings is 1. The summed E-state index contributed by atoms with van der Waals surface area (Å²) < 4.78 is 23.1. The topological polar surface area (TPSA) is 80.5 Å². The van der Waals surface area contributed by atoms with Crippen LogP contribution in [0.1, 0.15) is 6.42 Å². The van der Waals surface area contributed by atoms with Gasteiger partial charge in [-0.2, -0.15) is 0 Å². The van der Waals surface area contributed by atoms with Gasteiger partial charge in [0.2, 0.25) is 15.9 Å². The van der Waals surface area contributed by atoms with Gasteiger partial charge in [0, 0.05) is 13.0 Å². The molecule has 1 aromatic carbocycles. The molecule has 1 amide bonds. The third-order valence-electron chi connectivity index (χ3n) is 2.78. The van der Waals surface area contributed by atoms with Crippen LogP contribution in [0, 0.1) is 0 Å². The van der Waals surface area contributed by atoms with Gasteiger partial charge in [-0.3, -0.25) is 4.79 Å². The summed E-state index contributed by atoms with van der Waals surface area (Å²) in [6.45, 7) is 0.0522. The quantitative estimate of drug-likeness (QED) is 0.875. The van der Waals surface area contributed by atoms with Crippen LogP contribution in [0.15, 0.2) is 22.7 Å². The van der Waals surface area contributed by atoms with Crippen LogP contribution in [0.2, 0.25) is 5.02 Å². The van der Waals surface area contributed by atoms with Crippen LogP contribution >= 0.6 is 27.5 Å². The molecule has 2 rings (SSSR count). The molecule has 1 atom stereocenters. The lowest BCUT2D eigenvalue weighted by Gasteiger charge is -2.18. The van der Waals surface area contributed by atoms with Crippen molar-refractivity contribution in [1.29, 1.82) is 0 Å². The standard InChI is InChI=1S/C10H10BrClN2O3S/c11-10-7(12)2-1-3-8(10)14-5-6(4-9(14)15)18(13,16)17/h1-3,6H,4-5H2,(H2,13,16,17). The van der Waals surface area contributed by atoms with Crippen molar-refractivity contribution in [3.63, 3.8) is 0 Å². The van der Waals surface area contributed by atoms with Crippen LogP contribution in [0.25, 0.3) is 0 Å². The first kappa shape index (κ1) is 13.8. The SMILES string of the molecule is NS(=O)(=O)C1CC(=O)N(c2cccc(Cl)c2Br)C1. The van der Waals surface area contributed by atoms with Crippen LogP contribution in [0.4, 0.5) is 5.69 Å². The second kappa shape index (κ2) is 4.80. The highest BCUT2D eigenvalue weighted by Crippen LogP contribution is 2.35. The Morgan fingerprint density at radius 2 is 2.11 bits per heavy atom. The largest absolute Gasteiger partial charge is 0.310 e. The van der Waals surface area contributed by atoms with E-state index in [2.05, 4.69) is 15.9 Å². The predicted molar refractivity (Wildman–Crippen MR) is 73.0 cm³/mol. The van der Waals surface area contributed by atoms with E-state index in [0.717, 1.165) is 0 Å². The summed E-state index contributed by atoms with van der Waals surface area (Å²) in [7, 11) is -3.71. The first-order chi connectivity index (χ1) is 8.30. The molecular formula is C10H10BrClN2O3S. The number of sulfonamides is 1. The minimum atomic E-state index is -3.71. The molecule has 1 heterocycles. The fourth-order valence-corrected chi connectivity index (χ4v) is 3.21. The second-order valence-corrected chi connectivity index (χ2v) is 7.04. The molecule has 1 unspecified atom stereocenters. The summed E-state index contributed by atoms with van der Waals surface area (Å²) in [6, 6.07) is 5.06. The van der Waals surface area contributed by atoms with Gasteiger partial charge in [0.05, 0.1) is 15.2 Å². The lowest BCUT2D eigenvalue weighted by atomic mass is 10.3. The Morgan fingerprint density at radius 1 is 1.44 bits per heavy atom. The normalized spacial score (nSPS) is 20.5. The highest BCUT2D eigenvalue weighted by Gasteiger charge is 2.37. The Hall–Kier alpha value is -0.630. The number of rotatable bonds is 2. The Bertz CT molecular complexity index is 605. The van der Waals surface area contributed by atoms with Gasteiger partial charge < -0.3 is 4.90 Å². The van der Waals surface area contributed by atoms with Gasteiger partial charge in [0.1, 0.15) is 5.25 Å². The lowest BCUT2D eigenvalue weighted by molar-refractivity contribution is -0.117. The fourth-order valence-electron chi connectivity index (χ4n) is 1.83. The first-order valence-electron chi connectivity index (χ1n) is 5.06. The van der Waals surface area contributed by atoms with E-state index in [4.69, 9.17) is 16.7 Å². The summed E-state index contributed by atoms with van der Waals surface area (Å²) in [6.07, 6.45) is -0.0994. The average molecular weight is 354 g/mol. The van der Waals surface area contributed by atoms with E-state index in [9.17, 15) is 13.2 Å². The molecule has 0 saturated carbocycles. The molecular weight excluding hydrogens is 344 g/mol. The zero-order valence-corrected chi connectivity index (χ0v) is 12.3. The Balaban J connectivity index is 2.36.